The lowest BCUT2D eigenvalue weighted by Gasteiger charge is -2.61. The van der Waals surface area contributed by atoms with Crippen molar-refractivity contribution in [3.05, 3.63) is 205 Å². The maximum absolute atomic E-state index is 16.4. The molecule has 0 aliphatic heterocycles. The van der Waals surface area contributed by atoms with Crippen LogP contribution in [0.4, 0.5) is 8.78 Å². The molecule has 0 nitrogen and oxygen atoms in total. The van der Waals surface area contributed by atoms with E-state index in [0.717, 1.165) is 82.0 Å². The third-order valence-electron chi connectivity index (χ3n) is 16.3. The monoisotopic (exact) mass is 826 g/mol. The summed E-state index contributed by atoms with van der Waals surface area (Å²) in [5.74, 6) is 1.92. The van der Waals surface area contributed by atoms with Crippen LogP contribution in [-0.2, 0) is 5.41 Å². The highest BCUT2D eigenvalue weighted by atomic mass is 19.1. The molecule has 0 atom stereocenters. The topological polar surface area (TPSA) is 0 Å². The van der Waals surface area contributed by atoms with Gasteiger partial charge in [0.05, 0.1) is 0 Å². The van der Waals surface area contributed by atoms with Gasteiger partial charge in [-0.05, 0) is 202 Å². The van der Waals surface area contributed by atoms with Gasteiger partial charge in [0.15, 0.2) is 0 Å². The summed E-state index contributed by atoms with van der Waals surface area (Å²) in [6.07, 6.45) is 5.97. The van der Waals surface area contributed by atoms with Gasteiger partial charge in [0, 0.05) is 5.41 Å². The third kappa shape index (κ3) is 5.08. The van der Waals surface area contributed by atoms with Gasteiger partial charge in [0.1, 0.15) is 11.6 Å². The van der Waals surface area contributed by atoms with Crippen LogP contribution in [0.3, 0.4) is 0 Å². The number of hydrogen-bond donors (Lipinski definition) is 0. The van der Waals surface area contributed by atoms with Crippen LogP contribution < -0.4 is 0 Å². The Hall–Kier alpha value is -6.90. The van der Waals surface area contributed by atoms with E-state index in [9.17, 15) is 0 Å². The summed E-state index contributed by atoms with van der Waals surface area (Å²) < 4.78 is 31.8. The van der Waals surface area contributed by atoms with Crippen molar-refractivity contribution in [3.8, 4) is 55.6 Å². The molecule has 5 aliphatic carbocycles. The predicted molar refractivity (Wildman–Crippen MR) is 261 cm³/mol. The van der Waals surface area contributed by atoms with Crippen LogP contribution in [0.25, 0.3) is 98.7 Å². The first-order valence-corrected chi connectivity index (χ1v) is 23.2. The lowest BCUT2D eigenvalue weighted by Crippen LogP contribution is -2.55. The van der Waals surface area contributed by atoms with E-state index < -0.39 is 0 Å². The standard InChI is InChI=1S/C62H44F2/c63-45-22-23-55-57(34-45)62(43-27-36-26-37(29-43)30-44(62)28-36)58-35-46(64)33-56(61(55)58)41-13-9-12-40(32-41)47-24-25-54(49-15-4-3-14-48(47)49)60-52-18-7-5-16-50(52)59(51-17-6-8-19-53(51)60)42-21-20-38-10-1-2-11-39(38)31-42/h1-25,31-37,43-44H,26-30H2. The van der Waals surface area contributed by atoms with Gasteiger partial charge in [-0.15, -0.1) is 0 Å². The van der Waals surface area contributed by atoms with Gasteiger partial charge in [0.25, 0.3) is 0 Å². The molecule has 4 fully saturated rings. The van der Waals surface area contributed by atoms with Gasteiger partial charge < -0.3 is 0 Å². The molecule has 0 N–H and O–H groups in total. The smallest absolute Gasteiger partial charge is 0.124 e. The second-order valence-electron chi connectivity index (χ2n) is 19.4. The predicted octanol–water partition coefficient (Wildman–Crippen LogP) is 17.0. The first-order chi connectivity index (χ1) is 31.5. The van der Waals surface area contributed by atoms with Crippen LogP contribution in [0.1, 0.15) is 43.2 Å². The lowest BCUT2D eigenvalue weighted by atomic mass is 9.43. The van der Waals surface area contributed by atoms with Crippen molar-refractivity contribution in [2.24, 2.45) is 23.7 Å². The highest BCUT2D eigenvalue weighted by Crippen LogP contribution is 2.70. The van der Waals surface area contributed by atoms with Crippen LogP contribution in [0.15, 0.2) is 182 Å². The van der Waals surface area contributed by atoms with Gasteiger partial charge in [-0.2, -0.15) is 0 Å². The Bertz CT molecular complexity index is 3530. The van der Waals surface area contributed by atoms with E-state index in [1.807, 2.05) is 18.2 Å². The molecular weight excluding hydrogens is 783 g/mol. The van der Waals surface area contributed by atoms with Gasteiger partial charge in [-0.3, -0.25) is 0 Å². The average Bonchev–Trinajstić information content (AvgIpc) is 3.60. The van der Waals surface area contributed by atoms with Gasteiger partial charge in [-0.1, -0.05) is 146 Å². The molecule has 0 saturated heterocycles. The minimum Gasteiger partial charge on any atom is -0.207 e. The Morgan fingerprint density at radius 2 is 0.875 bits per heavy atom. The summed E-state index contributed by atoms with van der Waals surface area (Å²) in [7, 11) is 0. The summed E-state index contributed by atoms with van der Waals surface area (Å²) in [5, 5.41) is 9.73. The Balaban J connectivity index is 0.944. The third-order valence-corrected chi connectivity index (χ3v) is 16.3. The minimum atomic E-state index is -0.331. The van der Waals surface area contributed by atoms with Crippen LogP contribution in [-0.4, -0.2) is 0 Å². The molecule has 1 spiro atoms. The molecule has 5 aliphatic rings. The maximum atomic E-state index is 16.4. The molecule has 306 valence electrons. The molecule has 0 heterocycles. The van der Waals surface area contributed by atoms with Crippen molar-refractivity contribution in [2.45, 2.75) is 37.5 Å². The second-order valence-corrected chi connectivity index (χ2v) is 19.4. The van der Waals surface area contributed by atoms with E-state index in [0.29, 0.717) is 11.8 Å². The van der Waals surface area contributed by atoms with Crippen molar-refractivity contribution in [3.63, 3.8) is 0 Å². The van der Waals surface area contributed by atoms with Crippen molar-refractivity contribution in [1.29, 1.82) is 0 Å². The minimum absolute atomic E-state index is 0.194. The average molecular weight is 827 g/mol. The highest BCUT2D eigenvalue weighted by Gasteiger charge is 2.62. The summed E-state index contributed by atoms with van der Waals surface area (Å²) in [4.78, 5) is 0. The molecule has 4 bridgehead atoms. The van der Waals surface area contributed by atoms with E-state index in [-0.39, 0.29) is 17.0 Å². The number of rotatable bonds is 4. The molecular formula is C62H44F2. The van der Waals surface area contributed by atoms with Crippen LogP contribution in [0, 0.1) is 35.3 Å². The van der Waals surface area contributed by atoms with Crippen molar-refractivity contribution in [2.75, 3.05) is 0 Å². The Morgan fingerprint density at radius 3 is 1.56 bits per heavy atom. The second kappa shape index (κ2) is 13.6. The van der Waals surface area contributed by atoms with Crippen LogP contribution in [0.2, 0.25) is 0 Å². The molecule has 4 saturated carbocycles. The molecule has 0 unspecified atom stereocenters. The molecule has 15 rings (SSSR count). The van der Waals surface area contributed by atoms with E-state index in [1.165, 1.54) is 71.8 Å². The first kappa shape index (κ1) is 36.6. The summed E-state index contributed by atoms with van der Waals surface area (Å²) in [6.45, 7) is 0. The molecule has 2 heteroatoms. The Kier molecular flexibility index (Phi) is 7.74. The van der Waals surface area contributed by atoms with Crippen molar-refractivity contribution < 1.29 is 8.78 Å². The van der Waals surface area contributed by atoms with E-state index in [1.54, 1.807) is 12.1 Å². The van der Waals surface area contributed by atoms with Crippen LogP contribution in [0.5, 0.6) is 0 Å². The maximum Gasteiger partial charge on any atom is 0.124 e. The molecule has 10 aromatic carbocycles. The molecule has 0 radical (unpaired) electrons. The number of benzene rings is 10. The fourth-order valence-corrected chi connectivity index (χ4v) is 14.2. The van der Waals surface area contributed by atoms with Gasteiger partial charge in [-0.25, -0.2) is 8.78 Å². The first-order valence-electron chi connectivity index (χ1n) is 23.2. The molecule has 64 heavy (non-hydrogen) atoms. The largest absolute Gasteiger partial charge is 0.207 e. The number of halogens is 2. The number of fused-ring (bicyclic) bond motifs is 7. The highest BCUT2D eigenvalue weighted by molar-refractivity contribution is 6.24. The normalized spacial score (nSPS) is 21.7. The van der Waals surface area contributed by atoms with E-state index in [2.05, 4.69) is 152 Å². The number of hydrogen-bond acceptors (Lipinski definition) is 0. The lowest BCUT2D eigenvalue weighted by molar-refractivity contribution is -0.0401. The Morgan fingerprint density at radius 1 is 0.328 bits per heavy atom. The summed E-state index contributed by atoms with van der Waals surface area (Å²) >= 11 is 0. The fourth-order valence-electron chi connectivity index (χ4n) is 14.2. The zero-order chi connectivity index (χ0) is 42.3. The summed E-state index contributed by atoms with van der Waals surface area (Å²) in [5.41, 5.74) is 13.1. The molecule has 0 aromatic heterocycles. The Labute approximate surface area is 371 Å². The quantitative estimate of drug-likeness (QED) is 0.155. The molecule has 0 amide bonds. The van der Waals surface area contributed by atoms with Gasteiger partial charge >= 0.3 is 0 Å². The van der Waals surface area contributed by atoms with Gasteiger partial charge in [0.2, 0.25) is 0 Å². The fraction of sp³-hybridized carbons (Fsp3) is 0.161. The van der Waals surface area contributed by atoms with E-state index in [4.69, 9.17) is 0 Å². The zero-order valence-corrected chi connectivity index (χ0v) is 35.4. The SMILES string of the molecule is Fc1ccc2c(c1)C1(c3cc(F)cc(-c4cccc(-c5ccc(-c6c7ccccc7c(-c7ccc8ccccc8c7)c7ccccc67)c6ccccc56)c4)c3-2)C2CC3CC(C2)CC1C3. The zero-order valence-electron chi connectivity index (χ0n) is 35.4. The van der Waals surface area contributed by atoms with E-state index >= 15 is 8.78 Å². The summed E-state index contributed by atoms with van der Waals surface area (Å²) in [6, 6.07) is 64.3. The van der Waals surface area contributed by atoms with Crippen LogP contribution >= 0.6 is 0 Å². The molecule has 10 aromatic rings. The van der Waals surface area contributed by atoms with Crippen molar-refractivity contribution >= 4 is 43.1 Å². The van der Waals surface area contributed by atoms with Crippen molar-refractivity contribution in [1.82, 2.24) is 0 Å².